The molecule has 1 aliphatic rings. The third-order valence-electron chi connectivity index (χ3n) is 5.03. The van der Waals surface area contributed by atoms with Crippen molar-refractivity contribution in [1.29, 1.82) is 0 Å². The molecule has 3 heteroatoms. The van der Waals surface area contributed by atoms with Crippen LogP contribution in [0.25, 0.3) is 11.0 Å². The minimum absolute atomic E-state index is 0.295. The number of nitrogens with one attached hydrogen (secondary N) is 1. The summed E-state index contributed by atoms with van der Waals surface area (Å²) in [6, 6.07) is 12.2. The van der Waals surface area contributed by atoms with Crippen LogP contribution in [-0.4, -0.2) is 0 Å². The van der Waals surface area contributed by atoms with E-state index >= 15 is 0 Å². The summed E-state index contributed by atoms with van der Waals surface area (Å²) in [5.41, 5.74) is 7.71. The van der Waals surface area contributed by atoms with E-state index in [-0.39, 0.29) is 5.63 Å². The van der Waals surface area contributed by atoms with E-state index in [9.17, 15) is 4.79 Å². The first-order chi connectivity index (χ1) is 11.6. The van der Waals surface area contributed by atoms with Crippen LogP contribution in [0.2, 0.25) is 0 Å². The molecule has 24 heavy (non-hydrogen) atoms. The maximum atomic E-state index is 11.9. The first kappa shape index (κ1) is 15.0. The lowest BCUT2D eigenvalue weighted by atomic mass is 10.0. The van der Waals surface area contributed by atoms with Crippen LogP contribution in [0.3, 0.4) is 0 Å². The predicted octanol–water partition coefficient (Wildman–Crippen LogP) is 4.51. The predicted molar refractivity (Wildman–Crippen MR) is 97.8 cm³/mol. The number of hydrogen-bond donors (Lipinski definition) is 1. The average molecular weight is 319 g/mol. The van der Waals surface area contributed by atoms with Crippen molar-refractivity contribution in [2.75, 3.05) is 5.32 Å². The van der Waals surface area contributed by atoms with Crippen LogP contribution in [0, 0.1) is 13.8 Å². The van der Waals surface area contributed by atoms with Crippen molar-refractivity contribution in [2.45, 2.75) is 39.7 Å². The second kappa shape index (κ2) is 5.82. The molecule has 0 spiro atoms. The molecule has 1 aromatic heterocycles. The van der Waals surface area contributed by atoms with Gasteiger partial charge in [-0.15, -0.1) is 0 Å². The van der Waals surface area contributed by atoms with E-state index in [4.69, 9.17) is 4.42 Å². The third-order valence-corrected chi connectivity index (χ3v) is 5.03. The fourth-order valence-electron chi connectivity index (χ4n) is 3.51. The molecule has 0 fully saturated rings. The Bertz CT molecular complexity index is 985. The minimum Gasteiger partial charge on any atom is -0.423 e. The van der Waals surface area contributed by atoms with Gasteiger partial charge in [-0.1, -0.05) is 6.07 Å². The number of fused-ring (bicyclic) bond motifs is 2. The topological polar surface area (TPSA) is 42.2 Å². The third kappa shape index (κ3) is 2.71. The quantitative estimate of drug-likeness (QED) is 0.722. The highest BCUT2D eigenvalue weighted by Gasteiger charge is 2.11. The Morgan fingerprint density at radius 2 is 1.79 bits per heavy atom. The van der Waals surface area contributed by atoms with Gasteiger partial charge in [-0.05, 0) is 85.2 Å². The van der Waals surface area contributed by atoms with Gasteiger partial charge in [0.2, 0.25) is 0 Å². The second-order valence-corrected chi connectivity index (χ2v) is 6.71. The maximum absolute atomic E-state index is 11.9. The monoisotopic (exact) mass is 319 g/mol. The molecule has 1 N–H and O–H groups in total. The molecule has 122 valence electrons. The van der Waals surface area contributed by atoms with Gasteiger partial charge in [0, 0.05) is 23.7 Å². The Balaban J connectivity index is 1.67. The zero-order valence-electron chi connectivity index (χ0n) is 14.1. The Hall–Kier alpha value is -2.55. The molecule has 1 aliphatic carbocycles. The van der Waals surface area contributed by atoms with Crippen molar-refractivity contribution >= 4 is 16.7 Å². The van der Waals surface area contributed by atoms with E-state index in [2.05, 4.69) is 36.5 Å². The fourth-order valence-corrected chi connectivity index (χ4v) is 3.51. The Morgan fingerprint density at radius 1 is 1.00 bits per heavy atom. The Kier molecular flexibility index (Phi) is 3.64. The lowest BCUT2D eigenvalue weighted by Crippen LogP contribution is -2.06. The molecular formula is C21H21NO2. The largest absolute Gasteiger partial charge is 0.423 e. The summed E-state index contributed by atoms with van der Waals surface area (Å²) in [5, 5.41) is 4.47. The molecule has 1 heterocycles. The normalized spacial score (nSPS) is 13.2. The molecule has 0 radical (unpaired) electrons. The lowest BCUT2D eigenvalue weighted by molar-refractivity contribution is 0.559. The summed E-state index contributed by atoms with van der Waals surface area (Å²) in [6.07, 6.45) is 3.61. The van der Waals surface area contributed by atoms with Crippen molar-refractivity contribution < 1.29 is 4.42 Å². The number of benzene rings is 2. The number of aryl methyl sites for hydroxylation is 4. The lowest BCUT2D eigenvalue weighted by Gasteiger charge is -2.11. The zero-order chi connectivity index (χ0) is 16.7. The number of rotatable bonds is 3. The summed E-state index contributed by atoms with van der Waals surface area (Å²) in [5.74, 6) is 0. The van der Waals surface area contributed by atoms with Gasteiger partial charge in [-0.2, -0.15) is 0 Å². The highest BCUT2D eigenvalue weighted by molar-refractivity contribution is 5.82. The first-order valence-corrected chi connectivity index (χ1v) is 8.50. The molecule has 4 rings (SSSR count). The van der Waals surface area contributed by atoms with Crippen molar-refractivity contribution in [2.24, 2.45) is 0 Å². The van der Waals surface area contributed by atoms with Crippen LogP contribution in [0.15, 0.2) is 45.6 Å². The molecule has 0 amide bonds. The van der Waals surface area contributed by atoms with E-state index < -0.39 is 0 Å². The highest BCUT2D eigenvalue weighted by Crippen LogP contribution is 2.26. The molecular weight excluding hydrogens is 298 g/mol. The van der Waals surface area contributed by atoms with Gasteiger partial charge in [0.25, 0.3) is 0 Å². The van der Waals surface area contributed by atoms with Crippen molar-refractivity contribution in [3.63, 3.8) is 0 Å². The maximum Gasteiger partial charge on any atom is 0.336 e. The van der Waals surface area contributed by atoms with Crippen molar-refractivity contribution in [3.8, 4) is 0 Å². The molecule has 0 aliphatic heterocycles. The van der Waals surface area contributed by atoms with Gasteiger partial charge in [0.1, 0.15) is 5.58 Å². The first-order valence-electron chi connectivity index (χ1n) is 8.50. The van der Waals surface area contributed by atoms with Gasteiger partial charge in [-0.3, -0.25) is 0 Å². The number of anilines is 1. The van der Waals surface area contributed by atoms with Crippen molar-refractivity contribution in [3.05, 3.63) is 74.6 Å². The van der Waals surface area contributed by atoms with Crippen LogP contribution in [0.1, 0.15) is 34.2 Å². The van der Waals surface area contributed by atoms with E-state index in [1.165, 1.54) is 36.0 Å². The smallest absolute Gasteiger partial charge is 0.336 e. The van der Waals surface area contributed by atoms with E-state index in [0.717, 1.165) is 22.2 Å². The van der Waals surface area contributed by atoms with Crippen LogP contribution in [0.4, 0.5) is 5.69 Å². The summed E-state index contributed by atoms with van der Waals surface area (Å²) < 4.78 is 5.37. The van der Waals surface area contributed by atoms with Crippen molar-refractivity contribution in [1.82, 2.24) is 0 Å². The minimum atomic E-state index is -0.295. The molecule has 3 nitrogen and oxygen atoms in total. The van der Waals surface area contributed by atoms with Gasteiger partial charge >= 0.3 is 5.63 Å². The molecule has 2 aromatic carbocycles. The van der Waals surface area contributed by atoms with Crippen LogP contribution < -0.4 is 10.9 Å². The van der Waals surface area contributed by atoms with E-state index in [1.807, 2.05) is 13.0 Å². The molecule has 0 bridgehead atoms. The van der Waals surface area contributed by atoms with E-state index in [0.29, 0.717) is 12.1 Å². The standard InChI is InChI=1S/C21H21NO2/c1-13-8-19-17(11-21(23)24-20(19)9-14(13)2)12-22-18-7-6-15-4-3-5-16(15)10-18/h6-11,22H,3-5,12H2,1-2H3. The van der Waals surface area contributed by atoms with Crippen LogP contribution >= 0.6 is 0 Å². The summed E-state index contributed by atoms with van der Waals surface area (Å²) in [6.45, 7) is 4.73. The molecule has 3 aromatic rings. The average Bonchev–Trinajstić information content (AvgIpc) is 3.02. The van der Waals surface area contributed by atoms with Gasteiger partial charge in [0.05, 0.1) is 0 Å². The molecule has 0 saturated heterocycles. The van der Waals surface area contributed by atoms with Gasteiger partial charge in [-0.25, -0.2) is 4.79 Å². The van der Waals surface area contributed by atoms with E-state index in [1.54, 1.807) is 6.07 Å². The fraction of sp³-hybridized carbons (Fsp3) is 0.286. The summed E-state index contributed by atoms with van der Waals surface area (Å²) in [7, 11) is 0. The van der Waals surface area contributed by atoms with Crippen LogP contribution in [0.5, 0.6) is 0 Å². The summed E-state index contributed by atoms with van der Waals surface area (Å²) >= 11 is 0. The molecule has 0 atom stereocenters. The van der Waals surface area contributed by atoms with Gasteiger partial charge < -0.3 is 9.73 Å². The highest BCUT2D eigenvalue weighted by atomic mass is 16.4. The number of hydrogen-bond acceptors (Lipinski definition) is 3. The molecule has 0 saturated carbocycles. The van der Waals surface area contributed by atoms with Crippen LogP contribution in [-0.2, 0) is 19.4 Å². The second-order valence-electron chi connectivity index (χ2n) is 6.71. The Labute approximate surface area is 141 Å². The SMILES string of the molecule is Cc1cc2oc(=O)cc(CNc3ccc4c(c3)CCC4)c2cc1C. The van der Waals surface area contributed by atoms with Gasteiger partial charge in [0.15, 0.2) is 0 Å². The Morgan fingerprint density at radius 3 is 2.67 bits per heavy atom. The molecule has 0 unspecified atom stereocenters. The zero-order valence-corrected chi connectivity index (χ0v) is 14.1. The summed E-state index contributed by atoms with van der Waals surface area (Å²) in [4.78, 5) is 11.9.